The Morgan fingerprint density at radius 2 is 2.29 bits per heavy atom. The SMILES string of the molecule is COCc1nc(Cl)cc(NCCCS(C)=O)n1. The molecule has 96 valence electrons. The normalized spacial score (nSPS) is 12.4. The number of ether oxygens (including phenoxy) is 1. The predicted molar refractivity (Wildman–Crippen MR) is 69.8 cm³/mol. The summed E-state index contributed by atoms with van der Waals surface area (Å²) in [7, 11) is 0.823. The minimum absolute atomic E-state index is 0.328. The van der Waals surface area contributed by atoms with Gasteiger partial charge in [-0.3, -0.25) is 4.21 Å². The summed E-state index contributed by atoms with van der Waals surface area (Å²) in [4.78, 5) is 8.25. The molecule has 0 radical (unpaired) electrons. The van der Waals surface area contributed by atoms with Gasteiger partial charge in [0, 0.05) is 42.5 Å². The summed E-state index contributed by atoms with van der Waals surface area (Å²) in [6, 6.07) is 1.66. The quantitative estimate of drug-likeness (QED) is 0.604. The first-order valence-electron chi connectivity index (χ1n) is 5.18. The summed E-state index contributed by atoms with van der Waals surface area (Å²) in [6.45, 7) is 1.04. The van der Waals surface area contributed by atoms with Crippen molar-refractivity contribution in [2.24, 2.45) is 0 Å². The lowest BCUT2D eigenvalue weighted by Gasteiger charge is -2.07. The average molecular weight is 278 g/mol. The van der Waals surface area contributed by atoms with Crippen LogP contribution in [0.25, 0.3) is 0 Å². The van der Waals surface area contributed by atoms with Crippen LogP contribution in [-0.2, 0) is 22.1 Å². The Morgan fingerprint density at radius 3 is 2.94 bits per heavy atom. The molecule has 1 heterocycles. The van der Waals surface area contributed by atoms with Crippen molar-refractivity contribution in [3.63, 3.8) is 0 Å². The van der Waals surface area contributed by atoms with Crippen molar-refractivity contribution < 1.29 is 8.95 Å². The van der Waals surface area contributed by atoms with Crippen LogP contribution in [0.1, 0.15) is 12.2 Å². The fraction of sp³-hybridized carbons (Fsp3) is 0.600. The second-order valence-corrected chi connectivity index (χ2v) is 5.42. The highest BCUT2D eigenvalue weighted by atomic mass is 35.5. The van der Waals surface area contributed by atoms with Gasteiger partial charge in [0.15, 0.2) is 5.82 Å². The molecule has 1 unspecified atom stereocenters. The topological polar surface area (TPSA) is 64.1 Å². The van der Waals surface area contributed by atoms with Crippen LogP contribution < -0.4 is 5.32 Å². The van der Waals surface area contributed by atoms with Gasteiger partial charge in [-0.1, -0.05) is 11.6 Å². The maximum atomic E-state index is 10.9. The molecule has 0 saturated heterocycles. The van der Waals surface area contributed by atoms with E-state index in [4.69, 9.17) is 16.3 Å². The Morgan fingerprint density at radius 1 is 1.53 bits per heavy atom. The van der Waals surface area contributed by atoms with Gasteiger partial charge in [0.1, 0.15) is 17.6 Å². The third kappa shape index (κ3) is 5.95. The molecule has 0 spiro atoms. The number of rotatable bonds is 7. The Hall–Kier alpha value is -0.720. The van der Waals surface area contributed by atoms with Crippen molar-refractivity contribution in [3.05, 3.63) is 17.0 Å². The van der Waals surface area contributed by atoms with Crippen LogP contribution in [0.5, 0.6) is 0 Å². The number of aromatic nitrogens is 2. The Balaban J connectivity index is 2.49. The van der Waals surface area contributed by atoms with E-state index in [1.165, 1.54) is 0 Å². The van der Waals surface area contributed by atoms with Crippen LogP contribution in [0.4, 0.5) is 5.82 Å². The number of hydrogen-bond donors (Lipinski definition) is 1. The van der Waals surface area contributed by atoms with E-state index in [2.05, 4.69) is 15.3 Å². The number of nitrogens with one attached hydrogen (secondary N) is 1. The molecular weight excluding hydrogens is 262 g/mol. The van der Waals surface area contributed by atoms with E-state index in [1.54, 1.807) is 19.4 Å². The van der Waals surface area contributed by atoms with E-state index >= 15 is 0 Å². The third-order valence-corrected chi connectivity index (χ3v) is 2.99. The van der Waals surface area contributed by atoms with Gasteiger partial charge in [0.2, 0.25) is 0 Å². The maximum Gasteiger partial charge on any atom is 0.158 e. The standard InChI is InChI=1S/C10H16ClN3O2S/c1-16-7-10-13-8(11)6-9(14-10)12-4-3-5-17(2)15/h6H,3-5,7H2,1-2H3,(H,12,13,14). The Bertz CT molecular complexity index is 390. The van der Waals surface area contributed by atoms with E-state index in [9.17, 15) is 4.21 Å². The maximum absolute atomic E-state index is 10.9. The van der Waals surface area contributed by atoms with Crippen LogP contribution in [0.2, 0.25) is 5.15 Å². The summed E-state index contributed by atoms with van der Waals surface area (Å²) >= 11 is 5.85. The molecule has 7 heteroatoms. The summed E-state index contributed by atoms with van der Waals surface area (Å²) in [5.74, 6) is 1.89. The second-order valence-electron chi connectivity index (χ2n) is 3.48. The number of nitrogens with zero attached hydrogens (tertiary/aromatic N) is 2. The molecule has 0 aliphatic heterocycles. The first-order chi connectivity index (χ1) is 8.11. The molecule has 1 aromatic heterocycles. The molecule has 1 atom stereocenters. The number of hydrogen-bond acceptors (Lipinski definition) is 5. The van der Waals surface area contributed by atoms with Crippen molar-refractivity contribution in [1.29, 1.82) is 0 Å². The zero-order valence-corrected chi connectivity index (χ0v) is 11.5. The highest BCUT2D eigenvalue weighted by Crippen LogP contribution is 2.11. The van der Waals surface area contributed by atoms with Gasteiger partial charge in [0.05, 0.1) is 0 Å². The zero-order valence-electron chi connectivity index (χ0n) is 9.90. The average Bonchev–Trinajstić information content (AvgIpc) is 2.24. The fourth-order valence-electron chi connectivity index (χ4n) is 1.24. The van der Waals surface area contributed by atoms with Crippen LogP contribution in [0.3, 0.4) is 0 Å². The molecule has 0 aliphatic rings. The van der Waals surface area contributed by atoms with Gasteiger partial charge in [-0.25, -0.2) is 9.97 Å². The molecule has 1 N–H and O–H groups in total. The monoisotopic (exact) mass is 277 g/mol. The van der Waals surface area contributed by atoms with Crippen LogP contribution >= 0.6 is 11.6 Å². The lowest BCUT2D eigenvalue weighted by atomic mass is 10.4. The van der Waals surface area contributed by atoms with E-state index < -0.39 is 10.8 Å². The molecule has 0 aliphatic carbocycles. The predicted octanol–water partition coefficient (Wildman–Crippen LogP) is 1.46. The number of halogens is 1. The van der Waals surface area contributed by atoms with Gasteiger partial charge in [-0.05, 0) is 6.42 Å². The van der Waals surface area contributed by atoms with Crippen LogP contribution in [0, 0.1) is 0 Å². The minimum Gasteiger partial charge on any atom is -0.377 e. The van der Waals surface area contributed by atoms with Crippen molar-refractivity contribution in [2.45, 2.75) is 13.0 Å². The van der Waals surface area contributed by atoms with Crippen molar-refractivity contribution in [1.82, 2.24) is 9.97 Å². The van der Waals surface area contributed by atoms with E-state index in [0.717, 1.165) is 6.42 Å². The zero-order chi connectivity index (χ0) is 12.7. The summed E-state index contributed by atoms with van der Waals surface area (Å²) in [5, 5.41) is 3.50. The minimum atomic E-state index is -0.754. The van der Waals surface area contributed by atoms with Crippen LogP contribution in [0.15, 0.2) is 6.07 Å². The Kier molecular flexibility index (Phi) is 6.39. The van der Waals surface area contributed by atoms with Crippen molar-refractivity contribution in [2.75, 3.05) is 31.0 Å². The molecule has 0 saturated carbocycles. The largest absolute Gasteiger partial charge is 0.377 e. The summed E-state index contributed by atoms with van der Waals surface area (Å²) in [5.41, 5.74) is 0. The molecule has 17 heavy (non-hydrogen) atoms. The van der Waals surface area contributed by atoms with Gasteiger partial charge in [-0.2, -0.15) is 0 Å². The highest BCUT2D eigenvalue weighted by Gasteiger charge is 2.02. The molecule has 5 nitrogen and oxygen atoms in total. The molecule has 0 amide bonds. The van der Waals surface area contributed by atoms with Crippen LogP contribution in [-0.4, -0.2) is 39.8 Å². The molecule has 0 aromatic carbocycles. The highest BCUT2D eigenvalue weighted by molar-refractivity contribution is 7.84. The first-order valence-corrected chi connectivity index (χ1v) is 7.28. The molecule has 1 aromatic rings. The Labute approximate surface area is 108 Å². The number of anilines is 1. The lowest BCUT2D eigenvalue weighted by Crippen LogP contribution is -2.09. The lowest BCUT2D eigenvalue weighted by molar-refractivity contribution is 0.178. The summed E-state index contributed by atoms with van der Waals surface area (Å²) < 4.78 is 15.8. The molecule has 1 rings (SSSR count). The second kappa shape index (κ2) is 7.58. The van der Waals surface area contributed by atoms with Gasteiger partial charge in [-0.15, -0.1) is 0 Å². The molecular formula is C10H16ClN3O2S. The van der Waals surface area contributed by atoms with Gasteiger partial charge < -0.3 is 10.1 Å². The van der Waals surface area contributed by atoms with Crippen molar-refractivity contribution in [3.8, 4) is 0 Å². The van der Waals surface area contributed by atoms with E-state index in [1.807, 2.05) is 0 Å². The fourth-order valence-corrected chi connectivity index (χ4v) is 1.99. The molecule has 0 bridgehead atoms. The van der Waals surface area contributed by atoms with E-state index in [-0.39, 0.29) is 0 Å². The summed E-state index contributed by atoms with van der Waals surface area (Å²) in [6.07, 6.45) is 2.52. The first kappa shape index (κ1) is 14.3. The van der Waals surface area contributed by atoms with Gasteiger partial charge >= 0.3 is 0 Å². The van der Waals surface area contributed by atoms with Crippen molar-refractivity contribution >= 4 is 28.2 Å². The van der Waals surface area contributed by atoms with Gasteiger partial charge in [0.25, 0.3) is 0 Å². The smallest absolute Gasteiger partial charge is 0.158 e. The van der Waals surface area contributed by atoms with E-state index in [0.29, 0.717) is 35.7 Å². The molecule has 0 fully saturated rings. The third-order valence-electron chi connectivity index (χ3n) is 1.93. The number of methoxy groups -OCH3 is 1.